The first-order valence-corrected chi connectivity index (χ1v) is 13.6. The minimum atomic E-state index is -4.99. The van der Waals surface area contributed by atoms with Crippen LogP contribution in [0.2, 0.25) is 0 Å². The molecule has 10 nitrogen and oxygen atoms in total. The van der Waals surface area contributed by atoms with E-state index in [4.69, 9.17) is 9.15 Å². The zero-order valence-corrected chi connectivity index (χ0v) is 23.9. The van der Waals surface area contributed by atoms with E-state index in [1.807, 2.05) is 13.8 Å². The normalized spacial score (nSPS) is 26.3. The zero-order valence-electron chi connectivity index (χ0n) is 23.9. The van der Waals surface area contributed by atoms with Gasteiger partial charge in [-0.05, 0) is 25.3 Å². The molecule has 0 aromatic carbocycles. The molecule has 2 amide bonds. The van der Waals surface area contributed by atoms with E-state index in [-0.39, 0.29) is 48.1 Å². The standard InChI is InChI=1S/C29H36F3N3O7/c1-17(2)26-19(4)9-10-24(37)33-11-5-7-18(3)13-20(36)14-21(42-29(30,31)32)15-25-34-22(16-40-25)27(38)35-12-6-8-23(35)28(39)41-26/h5,7-10,13,16-17,19-21,26,36H,6,11-12,14-15H2,1-4H3,(H,33,37)/b7-5?,10-9+,18-13?/t19-,20-,21+,26-/m1/s1. The summed E-state index contributed by atoms with van der Waals surface area (Å²) in [4.78, 5) is 43.9. The maximum Gasteiger partial charge on any atom is 0.522 e. The van der Waals surface area contributed by atoms with Crippen molar-refractivity contribution >= 4 is 17.8 Å². The molecule has 3 rings (SSSR count). The lowest BCUT2D eigenvalue weighted by molar-refractivity contribution is -0.344. The second-order valence-electron chi connectivity index (χ2n) is 10.5. The van der Waals surface area contributed by atoms with Gasteiger partial charge in [0.05, 0.1) is 18.6 Å². The highest BCUT2D eigenvalue weighted by molar-refractivity contribution is 6.00. The Morgan fingerprint density at radius 1 is 1.21 bits per heavy atom. The van der Waals surface area contributed by atoms with Crippen LogP contribution in [-0.4, -0.2) is 70.5 Å². The predicted molar refractivity (Wildman–Crippen MR) is 144 cm³/mol. The number of amides is 2. The van der Waals surface area contributed by atoms with Gasteiger partial charge in [0.2, 0.25) is 5.91 Å². The fourth-order valence-corrected chi connectivity index (χ4v) is 4.71. The number of hydrogen-bond acceptors (Lipinski definition) is 8. The van der Waals surface area contributed by atoms with Gasteiger partial charge in [0.1, 0.15) is 18.1 Å². The van der Waals surface area contributed by atoms with Crippen molar-refractivity contribution in [3.8, 4) is 0 Å². The molecule has 3 heterocycles. The fourth-order valence-electron chi connectivity index (χ4n) is 4.71. The van der Waals surface area contributed by atoms with Crippen molar-refractivity contribution in [1.82, 2.24) is 15.2 Å². The third kappa shape index (κ3) is 9.69. The molecule has 0 spiro atoms. The van der Waals surface area contributed by atoms with E-state index in [1.165, 1.54) is 17.1 Å². The van der Waals surface area contributed by atoms with E-state index in [0.717, 1.165) is 6.26 Å². The fraction of sp³-hybridized carbons (Fsp3) is 0.517. The van der Waals surface area contributed by atoms with Crippen molar-refractivity contribution in [3.63, 3.8) is 0 Å². The Balaban J connectivity index is 1.92. The van der Waals surface area contributed by atoms with Crippen molar-refractivity contribution in [2.24, 2.45) is 11.8 Å². The van der Waals surface area contributed by atoms with Crippen LogP contribution in [0.4, 0.5) is 13.2 Å². The Morgan fingerprint density at radius 2 is 1.95 bits per heavy atom. The number of aliphatic hydroxyl groups is 1. The average Bonchev–Trinajstić information content (AvgIpc) is 3.56. The van der Waals surface area contributed by atoms with Crippen LogP contribution >= 0.6 is 0 Å². The summed E-state index contributed by atoms with van der Waals surface area (Å²) < 4.78 is 54.6. The Hall–Kier alpha value is -3.71. The molecule has 1 aromatic heterocycles. The van der Waals surface area contributed by atoms with Crippen LogP contribution in [-0.2, 0) is 25.5 Å². The third-order valence-electron chi connectivity index (χ3n) is 6.61. The van der Waals surface area contributed by atoms with Gasteiger partial charge < -0.3 is 24.5 Å². The molecule has 4 atom stereocenters. The summed E-state index contributed by atoms with van der Waals surface area (Å²) in [6, 6.07) is 0. The first-order chi connectivity index (χ1) is 19.7. The van der Waals surface area contributed by atoms with Gasteiger partial charge in [0.15, 0.2) is 11.6 Å². The van der Waals surface area contributed by atoms with Gasteiger partial charge in [-0.3, -0.25) is 14.3 Å². The second-order valence-corrected chi connectivity index (χ2v) is 10.5. The smallest absolute Gasteiger partial charge is 0.457 e. The van der Waals surface area contributed by atoms with Crippen LogP contribution in [0.1, 0.15) is 56.9 Å². The molecule has 0 fully saturated rings. The van der Waals surface area contributed by atoms with E-state index in [9.17, 15) is 32.7 Å². The van der Waals surface area contributed by atoms with E-state index in [1.54, 1.807) is 38.2 Å². The minimum Gasteiger partial charge on any atom is -0.457 e. The highest BCUT2D eigenvalue weighted by Crippen LogP contribution is 2.26. The molecule has 1 aromatic rings. The number of cyclic esters (lactones) is 1. The zero-order chi connectivity index (χ0) is 31.0. The molecule has 42 heavy (non-hydrogen) atoms. The average molecular weight is 596 g/mol. The van der Waals surface area contributed by atoms with Crippen molar-refractivity contribution in [2.75, 3.05) is 13.1 Å². The Kier molecular flexibility index (Phi) is 11.3. The number of rotatable bonds is 2. The molecule has 2 N–H and O–H groups in total. The van der Waals surface area contributed by atoms with Crippen molar-refractivity contribution in [2.45, 2.75) is 71.6 Å². The van der Waals surface area contributed by atoms with Crippen LogP contribution < -0.4 is 5.32 Å². The number of aliphatic hydroxyl groups excluding tert-OH is 1. The van der Waals surface area contributed by atoms with Crippen LogP contribution in [0.5, 0.6) is 0 Å². The highest BCUT2D eigenvalue weighted by atomic mass is 19.4. The van der Waals surface area contributed by atoms with Crippen LogP contribution in [0.3, 0.4) is 0 Å². The molecule has 2 bridgehead atoms. The van der Waals surface area contributed by atoms with Gasteiger partial charge in [-0.2, -0.15) is 0 Å². The van der Waals surface area contributed by atoms with E-state index >= 15 is 0 Å². The lowest BCUT2D eigenvalue weighted by Crippen LogP contribution is -2.36. The summed E-state index contributed by atoms with van der Waals surface area (Å²) in [5.74, 6) is -2.45. The molecule has 0 radical (unpaired) electrons. The minimum absolute atomic E-state index is 0.0119. The summed E-state index contributed by atoms with van der Waals surface area (Å²) in [5, 5.41) is 13.1. The molecule has 2 aliphatic rings. The quantitative estimate of drug-likeness (QED) is 0.491. The lowest BCUT2D eigenvalue weighted by Gasteiger charge is -2.27. The highest BCUT2D eigenvalue weighted by Gasteiger charge is 2.36. The topological polar surface area (TPSA) is 131 Å². The molecule has 0 aliphatic carbocycles. The van der Waals surface area contributed by atoms with Crippen LogP contribution in [0.25, 0.3) is 0 Å². The Labute approximate surface area is 241 Å². The molecule has 0 unspecified atom stereocenters. The number of fused-ring (bicyclic) bond motifs is 3. The largest absolute Gasteiger partial charge is 0.522 e. The van der Waals surface area contributed by atoms with E-state index < -0.39 is 49.4 Å². The van der Waals surface area contributed by atoms with E-state index in [2.05, 4.69) is 15.0 Å². The first-order valence-electron chi connectivity index (χ1n) is 13.6. The number of aromatic nitrogens is 1. The Morgan fingerprint density at radius 3 is 2.64 bits per heavy atom. The van der Waals surface area contributed by atoms with Gasteiger partial charge in [-0.15, -0.1) is 13.2 Å². The molecular weight excluding hydrogens is 559 g/mol. The Bertz CT molecular complexity index is 1250. The molecule has 13 heteroatoms. The molecule has 2 aliphatic heterocycles. The van der Waals surface area contributed by atoms with Gasteiger partial charge in [0, 0.05) is 25.4 Å². The monoisotopic (exact) mass is 595 g/mol. The number of carbonyl (C=O) groups excluding carboxylic acids is 3. The van der Waals surface area contributed by atoms with Crippen molar-refractivity contribution in [3.05, 3.63) is 65.6 Å². The van der Waals surface area contributed by atoms with E-state index in [0.29, 0.717) is 12.0 Å². The first kappa shape index (κ1) is 32.8. The number of ether oxygens (including phenoxy) is 2. The lowest BCUT2D eigenvalue weighted by atomic mass is 9.94. The predicted octanol–water partition coefficient (Wildman–Crippen LogP) is 4.00. The van der Waals surface area contributed by atoms with Crippen LogP contribution in [0, 0.1) is 11.8 Å². The number of esters is 1. The molecular formula is C29H36F3N3O7. The number of halogens is 3. The van der Waals surface area contributed by atoms with Gasteiger partial charge in [-0.1, -0.05) is 56.7 Å². The van der Waals surface area contributed by atoms with Gasteiger partial charge in [0.25, 0.3) is 5.91 Å². The number of allylic oxidation sites excluding steroid dienone is 2. The number of nitrogens with one attached hydrogen (secondary N) is 1. The number of nitrogens with zero attached hydrogens (tertiary/aromatic N) is 2. The van der Waals surface area contributed by atoms with Crippen molar-refractivity contribution < 1.29 is 46.6 Å². The molecule has 0 saturated heterocycles. The summed E-state index contributed by atoms with van der Waals surface area (Å²) in [6.07, 6.45) is 1.09. The summed E-state index contributed by atoms with van der Waals surface area (Å²) >= 11 is 0. The number of oxazole rings is 1. The van der Waals surface area contributed by atoms with Gasteiger partial charge >= 0.3 is 12.3 Å². The van der Waals surface area contributed by atoms with Crippen LogP contribution in [0.15, 0.2) is 58.4 Å². The summed E-state index contributed by atoms with van der Waals surface area (Å²) in [5.41, 5.74) is 0.349. The third-order valence-corrected chi connectivity index (χ3v) is 6.61. The maximum absolute atomic E-state index is 13.2. The second kappa shape index (κ2) is 14.5. The SMILES string of the molecule is CC1=C[C@@H](O)C[C@H](OC(F)(F)F)Cc2nc(co2)C(=O)N2CCC=C2C(=O)O[C@H](C(C)C)[C@H](C)/C=C/C(=O)NCC=C1. The molecule has 0 saturated carbocycles. The molecule has 230 valence electrons. The van der Waals surface area contributed by atoms with Gasteiger partial charge in [-0.25, -0.2) is 9.78 Å². The summed E-state index contributed by atoms with van der Waals surface area (Å²) in [7, 11) is 0. The number of carbonyl (C=O) groups is 3. The maximum atomic E-state index is 13.2. The number of hydrogen-bond donors (Lipinski definition) is 2. The summed E-state index contributed by atoms with van der Waals surface area (Å²) in [6.45, 7) is 7.51. The number of alkyl halides is 3. The van der Waals surface area contributed by atoms with Crippen molar-refractivity contribution in [1.29, 1.82) is 0 Å².